The van der Waals surface area contributed by atoms with E-state index in [9.17, 15) is 4.79 Å². The fourth-order valence-electron chi connectivity index (χ4n) is 1.58. The van der Waals surface area contributed by atoms with E-state index < -0.39 is 0 Å². The average Bonchev–Trinajstić information content (AvgIpc) is 2.35. The summed E-state index contributed by atoms with van der Waals surface area (Å²) in [6, 6.07) is 7.64. The van der Waals surface area contributed by atoms with Gasteiger partial charge in [0.1, 0.15) is 6.29 Å². The maximum atomic E-state index is 10.6. The molecule has 0 atom stereocenters. The van der Waals surface area contributed by atoms with Gasteiger partial charge in [0.15, 0.2) is 0 Å². The minimum absolute atomic E-state index is 0.624. The summed E-state index contributed by atoms with van der Waals surface area (Å²) in [6.45, 7) is 4.04. The molecule has 1 rings (SSSR count). The standard InChI is InChI=1S/C13H18ClNO/c1-2-3-9-15(10-8-14)13-6-4-12(11-16)5-7-13/h4-7,11H,2-3,8-10H2,1H3. The van der Waals surface area contributed by atoms with Crippen LogP contribution >= 0.6 is 11.6 Å². The maximum absolute atomic E-state index is 10.6. The van der Waals surface area contributed by atoms with E-state index in [0.29, 0.717) is 11.4 Å². The largest absolute Gasteiger partial charge is 0.370 e. The zero-order chi connectivity index (χ0) is 11.8. The van der Waals surface area contributed by atoms with Gasteiger partial charge in [-0.05, 0) is 30.7 Å². The lowest BCUT2D eigenvalue weighted by atomic mass is 10.2. The average molecular weight is 240 g/mol. The summed E-state index contributed by atoms with van der Waals surface area (Å²) >= 11 is 5.79. The van der Waals surface area contributed by atoms with Gasteiger partial charge in [-0.3, -0.25) is 4.79 Å². The normalized spacial score (nSPS) is 10.1. The highest BCUT2D eigenvalue weighted by Gasteiger charge is 2.04. The van der Waals surface area contributed by atoms with Crippen LogP contribution in [0.25, 0.3) is 0 Å². The van der Waals surface area contributed by atoms with Crippen molar-refractivity contribution in [3.63, 3.8) is 0 Å². The lowest BCUT2D eigenvalue weighted by molar-refractivity contribution is 0.112. The van der Waals surface area contributed by atoms with Gasteiger partial charge in [0.05, 0.1) is 0 Å². The molecule has 0 heterocycles. The van der Waals surface area contributed by atoms with Crippen LogP contribution in [0.2, 0.25) is 0 Å². The molecule has 0 radical (unpaired) electrons. The summed E-state index contributed by atoms with van der Waals surface area (Å²) in [5, 5.41) is 0. The van der Waals surface area contributed by atoms with Crippen LogP contribution in [0.1, 0.15) is 30.1 Å². The number of carbonyl (C=O) groups is 1. The Morgan fingerprint density at radius 2 is 1.94 bits per heavy atom. The number of anilines is 1. The summed E-state index contributed by atoms with van der Waals surface area (Å²) in [7, 11) is 0. The van der Waals surface area contributed by atoms with E-state index in [0.717, 1.165) is 31.5 Å². The van der Waals surface area contributed by atoms with Crippen LogP contribution in [0.15, 0.2) is 24.3 Å². The third-order valence-corrected chi connectivity index (χ3v) is 2.70. The van der Waals surface area contributed by atoms with Crippen molar-refractivity contribution in [2.24, 2.45) is 0 Å². The highest BCUT2D eigenvalue weighted by Crippen LogP contribution is 2.15. The second-order valence-corrected chi connectivity index (χ2v) is 4.12. The molecule has 0 aliphatic carbocycles. The molecule has 0 fully saturated rings. The lowest BCUT2D eigenvalue weighted by Gasteiger charge is -2.23. The molecule has 0 saturated carbocycles. The first-order chi connectivity index (χ1) is 7.81. The predicted octanol–water partition coefficient (Wildman–Crippen LogP) is 3.34. The van der Waals surface area contributed by atoms with E-state index >= 15 is 0 Å². The number of nitrogens with zero attached hydrogens (tertiary/aromatic N) is 1. The van der Waals surface area contributed by atoms with Gasteiger partial charge in [-0.1, -0.05) is 13.3 Å². The molecule has 3 heteroatoms. The highest BCUT2D eigenvalue weighted by molar-refractivity contribution is 6.18. The molecule has 0 aliphatic rings. The van der Waals surface area contributed by atoms with Gasteiger partial charge in [-0.25, -0.2) is 0 Å². The van der Waals surface area contributed by atoms with Gasteiger partial charge in [-0.2, -0.15) is 0 Å². The number of hydrogen-bond acceptors (Lipinski definition) is 2. The van der Waals surface area contributed by atoms with Gasteiger partial charge in [-0.15, -0.1) is 11.6 Å². The van der Waals surface area contributed by atoms with Crippen LogP contribution in [-0.4, -0.2) is 25.3 Å². The van der Waals surface area contributed by atoms with Crippen molar-refractivity contribution in [3.05, 3.63) is 29.8 Å². The second-order valence-electron chi connectivity index (χ2n) is 3.74. The molecule has 0 spiro atoms. The summed E-state index contributed by atoms with van der Waals surface area (Å²) in [5.74, 6) is 0.624. The number of aldehydes is 1. The minimum atomic E-state index is 0.624. The van der Waals surface area contributed by atoms with Crippen LogP contribution in [0.5, 0.6) is 0 Å². The number of carbonyl (C=O) groups excluding carboxylic acids is 1. The molecular formula is C13H18ClNO. The van der Waals surface area contributed by atoms with Crippen LogP contribution < -0.4 is 4.90 Å². The van der Waals surface area contributed by atoms with Gasteiger partial charge in [0.2, 0.25) is 0 Å². The monoisotopic (exact) mass is 239 g/mol. The molecule has 1 aromatic rings. The Morgan fingerprint density at radius 1 is 1.25 bits per heavy atom. The maximum Gasteiger partial charge on any atom is 0.150 e. The van der Waals surface area contributed by atoms with Crippen LogP contribution in [0.4, 0.5) is 5.69 Å². The smallest absolute Gasteiger partial charge is 0.150 e. The molecular weight excluding hydrogens is 222 g/mol. The van der Waals surface area contributed by atoms with E-state index in [1.54, 1.807) is 0 Å². The number of hydrogen-bond donors (Lipinski definition) is 0. The van der Waals surface area contributed by atoms with Gasteiger partial charge in [0, 0.05) is 30.2 Å². The molecule has 1 aromatic carbocycles. The molecule has 88 valence electrons. The molecule has 2 nitrogen and oxygen atoms in total. The molecule has 0 N–H and O–H groups in total. The third kappa shape index (κ3) is 3.86. The zero-order valence-corrected chi connectivity index (χ0v) is 10.4. The van der Waals surface area contributed by atoms with Crippen LogP contribution in [0.3, 0.4) is 0 Å². The van der Waals surface area contributed by atoms with Crippen LogP contribution in [0, 0.1) is 0 Å². The lowest BCUT2D eigenvalue weighted by Crippen LogP contribution is -2.26. The van der Waals surface area contributed by atoms with Crippen molar-refractivity contribution < 1.29 is 4.79 Å². The van der Waals surface area contributed by atoms with Crippen molar-refractivity contribution in [2.75, 3.05) is 23.9 Å². The van der Waals surface area contributed by atoms with Crippen molar-refractivity contribution in [3.8, 4) is 0 Å². The summed E-state index contributed by atoms with van der Waals surface area (Å²) in [6.07, 6.45) is 3.19. The van der Waals surface area contributed by atoms with Crippen molar-refractivity contribution in [2.45, 2.75) is 19.8 Å². The number of halogens is 1. The Balaban J connectivity index is 2.70. The van der Waals surface area contributed by atoms with E-state index in [4.69, 9.17) is 11.6 Å². The topological polar surface area (TPSA) is 20.3 Å². The Morgan fingerprint density at radius 3 is 2.44 bits per heavy atom. The van der Waals surface area contributed by atoms with E-state index in [1.807, 2.05) is 24.3 Å². The molecule has 16 heavy (non-hydrogen) atoms. The molecule has 0 saturated heterocycles. The first-order valence-electron chi connectivity index (χ1n) is 5.68. The second kappa shape index (κ2) is 7.29. The van der Waals surface area contributed by atoms with Gasteiger partial charge in [0.25, 0.3) is 0 Å². The minimum Gasteiger partial charge on any atom is -0.370 e. The predicted molar refractivity (Wildman–Crippen MR) is 69.7 cm³/mol. The van der Waals surface area contributed by atoms with Crippen molar-refractivity contribution in [1.82, 2.24) is 0 Å². The molecule has 0 unspecified atom stereocenters. The van der Waals surface area contributed by atoms with E-state index in [1.165, 1.54) is 6.42 Å². The van der Waals surface area contributed by atoms with Gasteiger partial charge < -0.3 is 4.90 Å². The Hall–Kier alpha value is -1.02. The number of rotatable bonds is 7. The molecule has 0 aromatic heterocycles. The summed E-state index contributed by atoms with van der Waals surface area (Å²) in [4.78, 5) is 12.8. The third-order valence-electron chi connectivity index (χ3n) is 2.53. The number of alkyl halides is 1. The van der Waals surface area contributed by atoms with E-state index in [-0.39, 0.29) is 0 Å². The fourth-order valence-corrected chi connectivity index (χ4v) is 1.79. The zero-order valence-electron chi connectivity index (χ0n) is 9.66. The number of unbranched alkanes of at least 4 members (excludes halogenated alkanes) is 1. The van der Waals surface area contributed by atoms with E-state index in [2.05, 4.69) is 11.8 Å². The van der Waals surface area contributed by atoms with Gasteiger partial charge >= 0.3 is 0 Å². The Bertz CT molecular complexity index is 310. The van der Waals surface area contributed by atoms with Crippen molar-refractivity contribution >= 4 is 23.6 Å². The molecule has 0 aliphatic heterocycles. The summed E-state index contributed by atoms with van der Waals surface area (Å²) < 4.78 is 0. The Labute approximate surface area is 102 Å². The highest BCUT2D eigenvalue weighted by atomic mass is 35.5. The first kappa shape index (κ1) is 13.0. The fraction of sp³-hybridized carbons (Fsp3) is 0.462. The first-order valence-corrected chi connectivity index (χ1v) is 6.21. The number of benzene rings is 1. The van der Waals surface area contributed by atoms with Crippen LogP contribution in [-0.2, 0) is 0 Å². The molecule has 0 bridgehead atoms. The quantitative estimate of drug-likeness (QED) is 0.537. The SMILES string of the molecule is CCCCN(CCCl)c1ccc(C=O)cc1. The molecule has 0 amide bonds. The summed E-state index contributed by atoms with van der Waals surface area (Å²) in [5.41, 5.74) is 1.85. The van der Waals surface area contributed by atoms with Crippen molar-refractivity contribution in [1.29, 1.82) is 0 Å². The Kier molecular flexibility index (Phi) is 5.94.